The number of nitrogens with zero attached hydrogens (tertiary/aromatic N) is 1. The summed E-state index contributed by atoms with van der Waals surface area (Å²) in [7, 11) is 1.71. The molecule has 4 rings (SSSR count). The standard InChI is InChI=1S/C24H34N4O4S.ClH/c1-14(25-4)21(29)27-17-10-12-33-19-13-24(2,3)20(28(19)23(17)31)22(30)26-16-9-11-32-18-8-6-5-7-15(16)18;/h5-8,14,16-17,19-20,25H,9-13H2,1-4H3,(H,26,30)(H,27,29);1H/t14-,16+,17-,19?,20+;/m0./s1. The number of thioether (sulfide) groups is 1. The predicted molar refractivity (Wildman–Crippen MR) is 135 cm³/mol. The lowest BCUT2D eigenvalue weighted by Gasteiger charge is -2.36. The highest BCUT2D eigenvalue weighted by Gasteiger charge is 2.54. The summed E-state index contributed by atoms with van der Waals surface area (Å²) in [4.78, 5) is 41.5. The van der Waals surface area contributed by atoms with E-state index < -0.39 is 18.1 Å². The number of likely N-dealkylation sites (N-methyl/N-ethyl adjacent to an activating group) is 1. The molecular weight excluding hydrogens is 476 g/mol. The maximum absolute atomic E-state index is 13.7. The molecule has 3 heterocycles. The van der Waals surface area contributed by atoms with Gasteiger partial charge in [-0.3, -0.25) is 14.4 Å². The van der Waals surface area contributed by atoms with Gasteiger partial charge in [0.2, 0.25) is 17.7 Å². The van der Waals surface area contributed by atoms with Gasteiger partial charge in [-0.25, -0.2) is 0 Å². The van der Waals surface area contributed by atoms with Crippen molar-refractivity contribution in [2.75, 3.05) is 19.4 Å². The maximum Gasteiger partial charge on any atom is 0.246 e. The predicted octanol–water partition coefficient (Wildman–Crippen LogP) is 2.23. The third-order valence-corrected chi connectivity index (χ3v) is 8.21. The Hall–Kier alpha value is -1.97. The van der Waals surface area contributed by atoms with Crippen LogP contribution in [0.25, 0.3) is 0 Å². The van der Waals surface area contributed by atoms with Crippen LogP contribution in [0.1, 0.15) is 51.6 Å². The van der Waals surface area contributed by atoms with E-state index >= 15 is 0 Å². The highest BCUT2D eigenvalue weighted by Crippen LogP contribution is 2.46. The molecule has 1 aromatic rings. The summed E-state index contributed by atoms with van der Waals surface area (Å²) in [5, 5.41) is 8.94. The molecule has 3 N–H and O–H groups in total. The second-order valence-electron chi connectivity index (χ2n) is 9.76. The Kier molecular flexibility index (Phi) is 8.42. The van der Waals surface area contributed by atoms with Crippen LogP contribution in [0.15, 0.2) is 24.3 Å². The van der Waals surface area contributed by atoms with E-state index in [1.54, 1.807) is 30.6 Å². The molecule has 3 aliphatic heterocycles. The Morgan fingerprint density at radius 2 is 1.91 bits per heavy atom. The summed E-state index contributed by atoms with van der Waals surface area (Å²) in [6.07, 6.45) is 1.98. The Labute approximate surface area is 211 Å². The van der Waals surface area contributed by atoms with Gasteiger partial charge in [0.15, 0.2) is 0 Å². The quantitative estimate of drug-likeness (QED) is 0.561. The molecule has 0 spiro atoms. The number of fused-ring (bicyclic) bond motifs is 2. The molecule has 0 saturated carbocycles. The molecule has 2 fully saturated rings. The van der Waals surface area contributed by atoms with Crippen LogP contribution in [0.4, 0.5) is 0 Å². The molecule has 0 radical (unpaired) electrons. The zero-order valence-electron chi connectivity index (χ0n) is 20.1. The van der Waals surface area contributed by atoms with Crippen molar-refractivity contribution in [1.82, 2.24) is 20.9 Å². The van der Waals surface area contributed by atoms with Gasteiger partial charge in [0.05, 0.1) is 24.1 Å². The van der Waals surface area contributed by atoms with Gasteiger partial charge in [0, 0.05) is 12.0 Å². The summed E-state index contributed by atoms with van der Waals surface area (Å²) in [5.41, 5.74) is 0.582. The van der Waals surface area contributed by atoms with E-state index in [2.05, 4.69) is 16.0 Å². The average molecular weight is 511 g/mol. The zero-order chi connectivity index (χ0) is 23.8. The van der Waals surface area contributed by atoms with E-state index in [9.17, 15) is 14.4 Å². The van der Waals surface area contributed by atoms with Gasteiger partial charge in [-0.05, 0) is 44.0 Å². The van der Waals surface area contributed by atoms with Crippen LogP contribution in [-0.2, 0) is 14.4 Å². The number of benzene rings is 1. The fourth-order valence-corrected chi connectivity index (χ4v) is 6.60. The summed E-state index contributed by atoms with van der Waals surface area (Å²) in [5.74, 6) is 1.02. The Morgan fingerprint density at radius 1 is 1.18 bits per heavy atom. The number of carbonyl (C=O) groups is 3. The normalized spacial score (nSPS) is 28.4. The topological polar surface area (TPSA) is 99.8 Å². The van der Waals surface area contributed by atoms with Crippen molar-refractivity contribution in [1.29, 1.82) is 0 Å². The molecule has 3 amide bonds. The summed E-state index contributed by atoms with van der Waals surface area (Å²) >= 11 is 1.70. The smallest absolute Gasteiger partial charge is 0.246 e. The van der Waals surface area contributed by atoms with Crippen molar-refractivity contribution >= 4 is 41.9 Å². The molecule has 34 heavy (non-hydrogen) atoms. The number of carbonyl (C=O) groups excluding carboxylic acids is 3. The van der Waals surface area contributed by atoms with Crippen LogP contribution in [0.3, 0.4) is 0 Å². The third-order valence-electron chi connectivity index (χ3n) is 6.96. The van der Waals surface area contributed by atoms with Crippen molar-refractivity contribution in [3.8, 4) is 5.75 Å². The molecule has 5 atom stereocenters. The fourth-order valence-electron chi connectivity index (χ4n) is 5.02. The first-order valence-corrected chi connectivity index (χ1v) is 12.7. The molecular formula is C24H35ClN4O4S. The van der Waals surface area contributed by atoms with Crippen LogP contribution in [-0.4, -0.2) is 65.5 Å². The number of hydrogen-bond donors (Lipinski definition) is 3. The molecule has 10 heteroatoms. The van der Waals surface area contributed by atoms with Crippen LogP contribution >= 0.6 is 24.2 Å². The van der Waals surface area contributed by atoms with E-state index in [0.29, 0.717) is 19.4 Å². The first-order chi connectivity index (χ1) is 15.7. The lowest BCUT2D eigenvalue weighted by atomic mass is 9.83. The van der Waals surface area contributed by atoms with Crippen molar-refractivity contribution < 1.29 is 19.1 Å². The Balaban J connectivity index is 0.00000324. The van der Waals surface area contributed by atoms with Crippen molar-refractivity contribution in [2.45, 2.75) is 69.6 Å². The SMILES string of the molecule is CN[C@@H](C)C(=O)N[C@H]1CCSC2CC(C)(C)[C@@H](C(=O)N[C@@H]3CCOc4ccccc43)N2C1=O.Cl. The van der Waals surface area contributed by atoms with E-state index in [0.717, 1.165) is 23.5 Å². The number of nitrogens with one attached hydrogen (secondary N) is 3. The van der Waals surface area contributed by atoms with Gasteiger partial charge >= 0.3 is 0 Å². The van der Waals surface area contributed by atoms with Crippen molar-refractivity contribution in [2.24, 2.45) is 5.41 Å². The van der Waals surface area contributed by atoms with Crippen LogP contribution in [0, 0.1) is 5.41 Å². The van der Waals surface area contributed by atoms with Crippen LogP contribution < -0.4 is 20.7 Å². The van der Waals surface area contributed by atoms with Crippen LogP contribution in [0.5, 0.6) is 5.75 Å². The minimum Gasteiger partial charge on any atom is -0.493 e. The number of ether oxygens (including phenoxy) is 1. The average Bonchev–Trinajstić information content (AvgIpc) is 2.99. The summed E-state index contributed by atoms with van der Waals surface area (Å²) in [6, 6.07) is 5.98. The summed E-state index contributed by atoms with van der Waals surface area (Å²) in [6.45, 7) is 6.40. The molecule has 0 bridgehead atoms. The minimum absolute atomic E-state index is 0. The van der Waals surface area contributed by atoms with Gasteiger partial charge in [0.1, 0.15) is 17.8 Å². The number of para-hydroxylation sites is 1. The Bertz CT molecular complexity index is 930. The van der Waals surface area contributed by atoms with Gasteiger partial charge in [-0.2, -0.15) is 0 Å². The minimum atomic E-state index is -0.626. The second-order valence-corrected chi connectivity index (χ2v) is 11.0. The lowest BCUT2D eigenvalue weighted by molar-refractivity contribution is -0.144. The molecule has 1 unspecified atom stereocenters. The van der Waals surface area contributed by atoms with E-state index in [4.69, 9.17) is 4.74 Å². The van der Waals surface area contributed by atoms with Gasteiger partial charge in [-0.15, -0.1) is 24.2 Å². The van der Waals surface area contributed by atoms with E-state index in [1.807, 2.05) is 38.1 Å². The van der Waals surface area contributed by atoms with E-state index in [-0.39, 0.29) is 47.0 Å². The molecule has 8 nitrogen and oxygen atoms in total. The highest BCUT2D eigenvalue weighted by molar-refractivity contribution is 7.99. The number of rotatable bonds is 5. The molecule has 2 saturated heterocycles. The van der Waals surface area contributed by atoms with Crippen molar-refractivity contribution in [3.63, 3.8) is 0 Å². The number of halogens is 1. The lowest BCUT2D eigenvalue weighted by Crippen LogP contribution is -2.58. The van der Waals surface area contributed by atoms with Gasteiger partial charge < -0.3 is 25.6 Å². The molecule has 1 aromatic carbocycles. The van der Waals surface area contributed by atoms with Gasteiger partial charge in [-0.1, -0.05) is 32.0 Å². The maximum atomic E-state index is 13.7. The third kappa shape index (κ3) is 5.16. The second kappa shape index (κ2) is 10.7. The first-order valence-electron chi connectivity index (χ1n) is 11.7. The fraction of sp³-hybridized carbons (Fsp3) is 0.625. The van der Waals surface area contributed by atoms with E-state index in [1.165, 1.54) is 0 Å². The monoisotopic (exact) mass is 510 g/mol. The largest absolute Gasteiger partial charge is 0.493 e. The van der Waals surface area contributed by atoms with Crippen LogP contribution in [0.2, 0.25) is 0 Å². The number of amides is 3. The highest BCUT2D eigenvalue weighted by atomic mass is 35.5. The molecule has 0 aliphatic carbocycles. The molecule has 0 aromatic heterocycles. The summed E-state index contributed by atoms with van der Waals surface area (Å²) < 4.78 is 5.74. The zero-order valence-corrected chi connectivity index (χ0v) is 21.8. The first kappa shape index (κ1) is 26.6. The molecule has 188 valence electrons. The molecule has 3 aliphatic rings. The Morgan fingerprint density at radius 3 is 2.65 bits per heavy atom. The van der Waals surface area contributed by atoms with Crippen molar-refractivity contribution in [3.05, 3.63) is 29.8 Å². The number of hydrogen-bond acceptors (Lipinski definition) is 6. The van der Waals surface area contributed by atoms with Gasteiger partial charge in [0.25, 0.3) is 0 Å².